The summed E-state index contributed by atoms with van der Waals surface area (Å²) in [5.74, 6) is 0.194. The number of rotatable bonds is 7. The maximum absolute atomic E-state index is 12.4. The summed E-state index contributed by atoms with van der Waals surface area (Å²) >= 11 is 1.46. The molecule has 0 saturated heterocycles. The molecule has 0 unspecified atom stereocenters. The fraction of sp³-hybridized carbons (Fsp3) is 0.300. The summed E-state index contributed by atoms with van der Waals surface area (Å²) in [6.07, 6.45) is 0.320. The van der Waals surface area contributed by atoms with Crippen molar-refractivity contribution in [3.05, 3.63) is 53.3 Å². The van der Waals surface area contributed by atoms with E-state index in [9.17, 15) is 13.2 Å². The predicted molar refractivity (Wildman–Crippen MR) is 110 cm³/mol. The number of para-hydroxylation sites is 1. The number of sulfone groups is 1. The molecule has 0 bridgehead atoms. The molecule has 28 heavy (non-hydrogen) atoms. The number of amides is 1. The molecular formula is C20H22N2O4S2. The molecule has 0 saturated carbocycles. The van der Waals surface area contributed by atoms with Crippen LogP contribution in [0.1, 0.15) is 19.8 Å². The van der Waals surface area contributed by atoms with Crippen molar-refractivity contribution >= 4 is 37.3 Å². The predicted octanol–water partition coefficient (Wildman–Crippen LogP) is 3.41. The number of nitrogens with zero attached hydrogens (tertiary/aromatic N) is 2. The molecular weight excluding hydrogens is 396 g/mol. The summed E-state index contributed by atoms with van der Waals surface area (Å²) in [5, 5.41) is 0. The number of hydrogen-bond donors (Lipinski definition) is 0. The van der Waals surface area contributed by atoms with Gasteiger partial charge in [-0.25, -0.2) is 8.42 Å². The molecule has 1 amide bonds. The number of carbonyl (C=O) groups is 1. The van der Waals surface area contributed by atoms with Crippen molar-refractivity contribution < 1.29 is 17.9 Å². The van der Waals surface area contributed by atoms with E-state index >= 15 is 0 Å². The highest BCUT2D eigenvalue weighted by Crippen LogP contribution is 2.18. The number of carbonyl (C=O) groups excluding carboxylic acids is 1. The maximum Gasteiger partial charge on any atom is 0.248 e. The van der Waals surface area contributed by atoms with Crippen molar-refractivity contribution in [2.75, 3.05) is 12.9 Å². The van der Waals surface area contributed by atoms with Gasteiger partial charge in [0.25, 0.3) is 0 Å². The number of benzene rings is 2. The first-order chi connectivity index (χ1) is 13.4. The molecule has 6 nitrogen and oxygen atoms in total. The average molecular weight is 419 g/mol. The van der Waals surface area contributed by atoms with Crippen LogP contribution in [-0.2, 0) is 21.2 Å². The van der Waals surface area contributed by atoms with E-state index in [0.717, 1.165) is 10.2 Å². The van der Waals surface area contributed by atoms with Crippen molar-refractivity contribution in [1.82, 2.24) is 4.57 Å². The van der Waals surface area contributed by atoms with E-state index in [2.05, 4.69) is 4.99 Å². The second-order valence-electron chi connectivity index (χ2n) is 6.20. The SMILES string of the molecule is CCn1c(=NC(=O)CCCS(=O)(=O)c2ccc(OC)cc2)sc2ccccc21. The Labute approximate surface area is 168 Å². The van der Waals surface area contributed by atoms with Gasteiger partial charge in [-0.1, -0.05) is 23.5 Å². The fourth-order valence-corrected chi connectivity index (χ4v) is 5.31. The van der Waals surface area contributed by atoms with Gasteiger partial charge in [0.15, 0.2) is 14.6 Å². The first-order valence-corrected chi connectivity index (χ1v) is 11.4. The largest absolute Gasteiger partial charge is 0.497 e. The van der Waals surface area contributed by atoms with Crippen LogP contribution in [0, 0.1) is 0 Å². The zero-order valence-electron chi connectivity index (χ0n) is 15.8. The van der Waals surface area contributed by atoms with Crippen LogP contribution in [0.25, 0.3) is 10.2 Å². The van der Waals surface area contributed by atoms with Crippen LogP contribution in [-0.4, -0.2) is 31.8 Å². The van der Waals surface area contributed by atoms with Gasteiger partial charge in [-0.15, -0.1) is 0 Å². The Kier molecular flexibility index (Phi) is 6.31. The highest BCUT2D eigenvalue weighted by atomic mass is 32.2. The Morgan fingerprint density at radius 3 is 2.54 bits per heavy atom. The second kappa shape index (κ2) is 8.70. The smallest absolute Gasteiger partial charge is 0.248 e. The van der Waals surface area contributed by atoms with E-state index < -0.39 is 9.84 Å². The Hall–Kier alpha value is -2.45. The molecule has 8 heteroatoms. The van der Waals surface area contributed by atoms with E-state index in [1.54, 1.807) is 12.1 Å². The Morgan fingerprint density at radius 1 is 1.14 bits per heavy atom. The Morgan fingerprint density at radius 2 is 1.86 bits per heavy atom. The zero-order valence-corrected chi connectivity index (χ0v) is 17.4. The third-order valence-electron chi connectivity index (χ3n) is 4.35. The van der Waals surface area contributed by atoms with Gasteiger partial charge in [0, 0.05) is 13.0 Å². The molecule has 2 aromatic carbocycles. The number of aromatic nitrogens is 1. The third-order valence-corrected chi connectivity index (χ3v) is 7.22. The van der Waals surface area contributed by atoms with Gasteiger partial charge in [0.05, 0.1) is 28.0 Å². The summed E-state index contributed by atoms with van der Waals surface area (Å²) in [5.41, 5.74) is 1.05. The van der Waals surface area contributed by atoms with Crippen LogP contribution in [0.15, 0.2) is 58.4 Å². The molecule has 1 heterocycles. The van der Waals surface area contributed by atoms with Gasteiger partial charge >= 0.3 is 0 Å². The minimum Gasteiger partial charge on any atom is -0.497 e. The maximum atomic E-state index is 12.4. The van der Waals surface area contributed by atoms with Crippen LogP contribution in [0.2, 0.25) is 0 Å². The van der Waals surface area contributed by atoms with Gasteiger partial charge in [-0.3, -0.25) is 4.79 Å². The first kappa shape index (κ1) is 20.3. The van der Waals surface area contributed by atoms with E-state index in [-0.39, 0.29) is 29.4 Å². The first-order valence-electron chi connectivity index (χ1n) is 8.97. The molecule has 3 rings (SSSR count). The van der Waals surface area contributed by atoms with Crippen molar-refractivity contribution in [3.8, 4) is 5.75 Å². The fourth-order valence-electron chi connectivity index (χ4n) is 2.89. The molecule has 0 radical (unpaired) electrons. The Balaban J connectivity index is 1.68. The minimum atomic E-state index is -3.44. The topological polar surface area (TPSA) is 77.7 Å². The van der Waals surface area contributed by atoms with Gasteiger partial charge in [-0.05, 0) is 49.7 Å². The number of thiazole rings is 1. The molecule has 0 aliphatic carbocycles. The van der Waals surface area contributed by atoms with E-state index in [1.165, 1.54) is 30.6 Å². The highest BCUT2D eigenvalue weighted by molar-refractivity contribution is 7.91. The number of methoxy groups -OCH3 is 1. The highest BCUT2D eigenvalue weighted by Gasteiger charge is 2.15. The van der Waals surface area contributed by atoms with Gasteiger partial charge in [0.1, 0.15) is 5.75 Å². The molecule has 0 aliphatic rings. The molecule has 0 atom stereocenters. The van der Waals surface area contributed by atoms with E-state index in [4.69, 9.17) is 4.74 Å². The van der Waals surface area contributed by atoms with Gasteiger partial charge in [0.2, 0.25) is 5.91 Å². The lowest BCUT2D eigenvalue weighted by Crippen LogP contribution is -2.16. The molecule has 0 spiro atoms. The van der Waals surface area contributed by atoms with Crippen LogP contribution in [0.4, 0.5) is 0 Å². The molecule has 1 aromatic heterocycles. The lowest BCUT2D eigenvalue weighted by molar-refractivity contribution is -0.118. The van der Waals surface area contributed by atoms with Crippen molar-refractivity contribution in [2.24, 2.45) is 4.99 Å². The molecule has 0 fully saturated rings. The van der Waals surface area contributed by atoms with Crippen LogP contribution in [0.5, 0.6) is 5.75 Å². The number of fused-ring (bicyclic) bond motifs is 1. The van der Waals surface area contributed by atoms with Crippen molar-refractivity contribution in [1.29, 1.82) is 0 Å². The molecule has 0 N–H and O–H groups in total. The van der Waals surface area contributed by atoms with Crippen molar-refractivity contribution in [3.63, 3.8) is 0 Å². The van der Waals surface area contributed by atoms with Crippen LogP contribution < -0.4 is 9.54 Å². The van der Waals surface area contributed by atoms with E-state index in [1.807, 2.05) is 35.8 Å². The number of aryl methyl sites for hydroxylation is 1. The monoisotopic (exact) mass is 418 g/mol. The summed E-state index contributed by atoms with van der Waals surface area (Å²) in [4.78, 5) is 17.4. The standard InChI is InChI=1S/C20H22N2O4S2/c1-3-22-17-7-4-5-8-18(17)27-20(22)21-19(23)9-6-14-28(24,25)16-12-10-15(26-2)11-13-16/h4-5,7-8,10-13H,3,6,9,14H2,1-2H3. The molecule has 0 aliphatic heterocycles. The normalized spacial score (nSPS) is 12.4. The molecule has 148 valence electrons. The average Bonchev–Trinajstić information content (AvgIpc) is 3.04. The second-order valence-corrected chi connectivity index (χ2v) is 9.32. The van der Waals surface area contributed by atoms with Gasteiger partial charge < -0.3 is 9.30 Å². The Bertz CT molecular complexity index is 1140. The zero-order chi connectivity index (χ0) is 20.1. The van der Waals surface area contributed by atoms with Crippen LogP contribution in [0.3, 0.4) is 0 Å². The van der Waals surface area contributed by atoms with E-state index in [0.29, 0.717) is 17.1 Å². The lowest BCUT2D eigenvalue weighted by Gasteiger charge is -2.05. The van der Waals surface area contributed by atoms with Crippen LogP contribution >= 0.6 is 11.3 Å². The summed E-state index contributed by atoms with van der Waals surface area (Å²) in [7, 11) is -1.91. The lowest BCUT2D eigenvalue weighted by atomic mass is 10.3. The number of ether oxygens (including phenoxy) is 1. The third kappa shape index (κ3) is 4.51. The quantitative estimate of drug-likeness (QED) is 0.589. The number of hydrogen-bond acceptors (Lipinski definition) is 5. The summed E-state index contributed by atoms with van der Waals surface area (Å²) < 4.78 is 32.9. The van der Waals surface area contributed by atoms with Crippen molar-refractivity contribution in [2.45, 2.75) is 31.2 Å². The summed E-state index contributed by atoms with van der Waals surface area (Å²) in [6, 6.07) is 14.2. The molecule has 3 aromatic rings. The minimum absolute atomic E-state index is 0.0906. The van der Waals surface area contributed by atoms with Gasteiger partial charge in [-0.2, -0.15) is 4.99 Å². The summed E-state index contributed by atoms with van der Waals surface area (Å²) in [6.45, 7) is 2.71.